The van der Waals surface area contributed by atoms with E-state index in [1.807, 2.05) is 6.07 Å². The first-order chi connectivity index (χ1) is 7.18. The predicted octanol–water partition coefficient (Wildman–Crippen LogP) is 2.45. The van der Waals surface area contributed by atoms with E-state index in [-0.39, 0.29) is 12.4 Å². The minimum Gasteiger partial charge on any atom is -0.508 e. The van der Waals surface area contributed by atoms with Gasteiger partial charge in [-0.1, -0.05) is 12.1 Å². The second-order valence-corrected chi connectivity index (χ2v) is 4.15. The second-order valence-electron chi connectivity index (χ2n) is 4.15. The van der Waals surface area contributed by atoms with Crippen LogP contribution in [0.5, 0.6) is 5.75 Å². The smallest absolute Gasteiger partial charge is 0.138 e. The lowest BCUT2D eigenvalue weighted by atomic mass is 9.91. The maximum atomic E-state index is 14.2. The summed E-state index contributed by atoms with van der Waals surface area (Å²) in [4.78, 5) is 0. The van der Waals surface area contributed by atoms with Gasteiger partial charge in [0.2, 0.25) is 0 Å². The Morgan fingerprint density at radius 2 is 2.33 bits per heavy atom. The molecule has 1 saturated heterocycles. The monoisotopic (exact) mass is 210 g/mol. The Kier molecular flexibility index (Phi) is 2.91. The number of hydrogen-bond donors (Lipinski definition) is 1. The molecule has 0 amide bonds. The third-order valence-electron chi connectivity index (χ3n) is 2.71. The molecule has 15 heavy (non-hydrogen) atoms. The highest BCUT2D eigenvalue weighted by atomic mass is 19.1. The van der Waals surface area contributed by atoms with Gasteiger partial charge < -0.3 is 9.84 Å². The number of halogens is 1. The minimum absolute atomic E-state index is 0.169. The van der Waals surface area contributed by atoms with E-state index in [4.69, 9.17) is 4.74 Å². The molecule has 1 N–H and O–H groups in total. The van der Waals surface area contributed by atoms with Crippen molar-refractivity contribution < 1.29 is 14.2 Å². The molecular weight excluding hydrogens is 195 g/mol. The maximum Gasteiger partial charge on any atom is 0.138 e. The fourth-order valence-corrected chi connectivity index (χ4v) is 1.99. The number of benzene rings is 1. The van der Waals surface area contributed by atoms with Crippen molar-refractivity contribution in [2.45, 2.75) is 24.9 Å². The molecule has 1 heterocycles. The van der Waals surface area contributed by atoms with Crippen molar-refractivity contribution in [2.75, 3.05) is 13.2 Å². The van der Waals surface area contributed by atoms with E-state index in [9.17, 15) is 9.50 Å². The van der Waals surface area contributed by atoms with E-state index >= 15 is 0 Å². The predicted molar refractivity (Wildman–Crippen MR) is 55.7 cm³/mol. The molecule has 0 spiro atoms. The van der Waals surface area contributed by atoms with Crippen molar-refractivity contribution in [1.29, 1.82) is 0 Å². The van der Waals surface area contributed by atoms with Gasteiger partial charge in [0.05, 0.1) is 6.61 Å². The topological polar surface area (TPSA) is 29.5 Å². The largest absolute Gasteiger partial charge is 0.508 e. The molecule has 1 aliphatic rings. The van der Waals surface area contributed by atoms with Crippen molar-refractivity contribution in [2.24, 2.45) is 0 Å². The average molecular weight is 210 g/mol. The van der Waals surface area contributed by atoms with Crippen LogP contribution in [0.3, 0.4) is 0 Å². The molecule has 2 rings (SSSR count). The van der Waals surface area contributed by atoms with Gasteiger partial charge in [-0.3, -0.25) is 0 Å². The van der Waals surface area contributed by atoms with E-state index in [0.717, 1.165) is 12.0 Å². The Balaban J connectivity index is 2.06. The fraction of sp³-hybridized carbons (Fsp3) is 0.500. The Bertz CT molecular complexity index is 332. The molecule has 1 atom stereocenters. The van der Waals surface area contributed by atoms with Gasteiger partial charge in [0.1, 0.15) is 11.4 Å². The fourth-order valence-electron chi connectivity index (χ4n) is 1.99. The van der Waals surface area contributed by atoms with Crippen LogP contribution in [0.15, 0.2) is 24.3 Å². The van der Waals surface area contributed by atoms with E-state index in [1.165, 1.54) is 0 Å². The molecular formula is C12H15FO2. The lowest BCUT2D eigenvalue weighted by molar-refractivity contribution is -0.0308. The number of phenolic OH excluding ortho intramolecular Hbond substituents is 1. The summed E-state index contributed by atoms with van der Waals surface area (Å²) in [6.45, 7) is 0.828. The molecule has 3 heteroatoms. The van der Waals surface area contributed by atoms with Crippen LogP contribution in [0.1, 0.15) is 18.4 Å². The summed E-state index contributed by atoms with van der Waals surface area (Å²) in [6, 6.07) is 6.76. The molecule has 0 radical (unpaired) electrons. The lowest BCUT2D eigenvalue weighted by Crippen LogP contribution is -2.36. The van der Waals surface area contributed by atoms with Crippen LogP contribution in [0.25, 0.3) is 0 Å². The van der Waals surface area contributed by atoms with Gasteiger partial charge in [-0.05, 0) is 30.5 Å². The average Bonchev–Trinajstić information content (AvgIpc) is 2.18. The Hall–Kier alpha value is -1.09. The summed E-state index contributed by atoms with van der Waals surface area (Å²) in [7, 11) is 0. The van der Waals surface area contributed by atoms with Crippen LogP contribution in [-0.4, -0.2) is 24.0 Å². The van der Waals surface area contributed by atoms with Gasteiger partial charge in [-0.25, -0.2) is 4.39 Å². The van der Waals surface area contributed by atoms with Crippen LogP contribution in [0, 0.1) is 0 Å². The number of aromatic hydroxyl groups is 1. The lowest BCUT2D eigenvalue weighted by Gasteiger charge is -2.29. The normalized spacial score (nSPS) is 26.5. The quantitative estimate of drug-likeness (QED) is 0.812. The van der Waals surface area contributed by atoms with Crippen LogP contribution >= 0.6 is 0 Å². The van der Waals surface area contributed by atoms with E-state index in [2.05, 4.69) is 0 Å². The zero-order chi connectivity index (χ0) is 10.7. The SMILES string of the molecule is Oc1cccc(CC2(F)CCCOC2)c1. The third kappa shape index (κ3) is 2.69. The van der Waals surface area contributed by atoms with Gasteiger partial charge in [-0.15, -0.1) is 0 Å². The van der Waals surface area contributed by atoms with Crippen LogP contribution < -0.4 is 0 Å². The Labute approximate surface area is 88.7 Å². The molecule has 0 saturated carbocycles. The van der Waals surface area contributed by atoms with Gasteiger partial charge in [-0.2, -0.15) is 0 Å². The highest BCUT2D eigenvalue weighted by Crippen LogP contribution is 2.28. The van der Waals surface area contributed by atoms with E-state index < -0.39 is 5.67 Å². The molecule has 2 nitrogen and oxygen atoms in total. The first kappa shape index (κ1) is 10.4. The van der Waals surface area contributed by atoms with Gasteiger partial charge in [0, 0.05) is 13.0 Å². The number of hydrogen-bond acceptors (Lipinski definition) is 2. The number of alkyl halides is 1. The maximum absolute atomic E-state index is 14.2. The zero-order valence-electron chi connectivity index (χ0n) is 8.58. The number of rotatable bonds is 2. The van der Waals surface area contributed by atoms with Crippen molar-refractivity contribution in [1.82, 2.24) is 0 Å². The number of ether oxygens (including phenoxy) is 1. The van der Waals surface area contributed by atoms with Crippen LogP contribution in [0.2, 0.25) is 0 Å². The second kappa shape index (κ2) is 4.19. The van der Waals surface area contributed by atoms with Crippen molar-refractivity contribution in [3.63, 3.8) is 0 Å². The van der Waals surface area contributed by atoms with E-state index in [1.54, 1.807) is 18.2 Å². The minimum atomic E-state index is -1.26. The number of phenols is 1. The molecule has 0 bridgehead atoms. The van der Waals surface area contributed by atoms with E-state index in [0.29, 0.717) is 19.4 Å². The summed E-state index contributed by atoms with van der Waals surface area (Å²) in [6.07, 6.45) is 1.64. The Morgan fingerprint density at radius 1 is 1.47 bits per heavy atom. The van der Waals surface area contributed by atoms with Gasteiger partial charge >= 0.3 is 0 Å². The van der Waals surface area contributed by atoms with Crippen molar-refractivity contribution >= 4 is 0 Å². The third-order valence-corrected chi connectivity index (χ3v) is 2.71. The van der Waals surface area contributed by atoms with Crippen LogP contribution in [-0.2, 0) is 11.2 Å². The summed E-state index contributed by atoms with van der Waals surface area (Å²) >= 11 is 0. The molecule has 0 aromatic heterocycles. The van der Waals surface area contributed by atoms with Gasteiger partial charge in [0.15, 0.2) is 0 Å². The molecule has 1 aromatic carbocycles. The summed E-state index contributed by atoms with van der Waals surface area (Å²) in [5.41, 5.74) is -0.436. The first-order valence-corrected chi connectivity index (χ1v) is 5.23. The molecule has 0 aliphatic carbocycles. The van der Waals surface area contributed by atoms with Crippen LogP contribution in [0.4, 0.5) is 4.39 Å². The molecule has 82 valence electrons. The Morgan fingerprint density at radius 3 is 3.00 bits per heavy atom. The molecule has 1 aromatic rings. The summed E-state index contributed by atoms with van der Waals surface area (Å²) in [5, 5.41) is 9.27. The highest BCUT2D eigenvalue weighted by molar-refractivity contribution is 5.28. The standard InChI is InChI=1S/C12H15FO2/c13-12(5-2-6-15-9-12)8-10-3-1-4-11(14)7-10/h1,3-4,7,14H,2,5-6,8-9H2. The molecule has 1 fully saturated rings. The van der Waals surface area contributed by atoms with Crippen molar-refractivity contribution in [3.05, 3.63) is 29.8 Å². The molecule has 1 unspecified atom stereocenters. The summed E-state index contributed by atoms with van der Waals surface area (Å²) < 4.78 is 19.3. The van der Waals surface area contributed by atoms with Gasteiger partial charge in [0.25, 0.3) is 0 Å². The van der Waals surface area contributed by atoms with Crippen molar-refractivity contribution in [3.8, 4) is 5.75 Å². The highest BCUT2D eigenvalue weighted by Gasteiger charge is 2.32. The summed E-state index contributed by atoms with van der Waals surface area (Å²) in [5.74, 6) is 0.188. The first-order valence-electron chi connectivity index (χ1n) is 5.23. The molecule has 1 aliphatic heterocycles. The zero-order valence-corrected chi connectivity index (χ0v) is 8.58.